The summed E-state index contributed by atoms with van der Waals surface area (Å²) in [7, 11) is -3.55. The largest absolute Gasteiger partial charge is 0.425 e. The highest BCUT2D eigenvalue weighted by Crippen LogP contribution is 2.09. The van der Waals surface area contributed by atoms with Crippen molar-refractivity contribution in [1.29, 1.82) is 0 Å². The van der Waals surface area contributed by atoms with Crippen molar-refractivity contribution in [2.75, 3.05) is 0 Å². The van der Waals surface area contributed by atoms with Gasteiger partial charge in [-0.1, -0.05) is 39.0 Å². The van der Waals surface area contributed by atoms with E-state index >= 15 is 0 Å². The fraction of sp³-hybridized carbons (Fsp3) is 1.00. The first-order valence-corrected chi connectivity index (χ1v) is 11.0. The van der Waals surface area contributed by atoms with Gasteiger partial charge in [-0.25, -0.2) is 0 Å². The van der Waals surface area contributed by atoms with Crippen LogP contribution in [0.2, 0.25) is 6.04 Å². The summed E-state index contributed by atoms with van der Waals surface area (Å²) in [5.41, 5.74) is 0. The van der Waals surface area contributed by atoms with Gasteiger partial charge in [0.15, 0.2) is 0 Å². The predicted octanol–water partition coefficient (Wildman–Crippen LogP) is -0.746. The molecule has 8 heteroatoms. The molecule has 1 aliphatic heterocycles. The molecule has 1 saturated heterocycles. The Bertz CT molecular complexity index is 143. The van der Waals surface area contributed by atoms with Crippen molar-refractivity contribution in [3.05, 3.63) is 0 Å². The van der Waals surface area contributed by atoms with Crippen LogP contribution in [0.15, 0.2) is 0 Å². The second-order valence-electron chi connectivity index (χ2n) is 3.73. The van der Waals surface area contributed by atoms with Crippen molar-refractivity contribution in [3.8, 4) is 0 Å². The summed E-state index contributed by atoms with van der Waals surface area (Å²) < 4.78 is 22.2. The molecule has 0 aromatic rings. The van der Waals surface area contributed by atoms with Crippen molar-refractivity contribution >= 4 is 39.3 Å². The molecule has 0 aliphatic carbocycles. The van der Waals surface area contributed by atoms with Gasteiger partial charge in [0.1, 0.15) is 0 Å². The summed E-state index contributed by atoms with van der Waals surface area (Å²) in [6.45, 7) is 2.24. The number of unbranched alkanes of at least 4 members (excludes halogenated alkanes) is 4. The predicted molar refractivity (Wildman–Crippen MR) is 70.7 cm³/mol. The van der Waals surface area contributed by atoms with Gasteiger partial charge in [-0.3, -0.25) is 0 Å². The highest BCUT2D eigenvalue weighted by Gasteiger charge is 2.14. The molecule has 15 heavy (non-hydrogen) atoms. The molecule has 0 amide bonds. The molecule has 0 spiro atoms. The molecule has 4 nitrogen and oxygen atoms in total. The first-order chi connectivity index (χ1) is 7.43. The molecule has 1 fully saturated rings. The standard InChI is InChI=1S/C7H22O4Si4/c1-2-3-4-5-6-7-15-10-13-8-12-9-14-11-15/h15H,2-7,12-14H2,1H3. The van der Waals surface area contributed by atoms with E-state index in [1.165, 1.54) is 32.1 Å². The number of hydrogen-bond donors (Lipinski definition) is 0. The summed E-state index contributed by atoms with van der Waals surface area (Å²) in [6.07, 6.45) is 6.60. The Labute approximate surface area is 101 Å². The van der Waals surface area contributed by atoms with E-state index in [9.17, 15) is 0 Å². The second-order valence-corrected chi connectivity index (χ2v) is 11.8. The monoisotopic (exact) mass is 282 g/mol. The van der Waals surface area contributed by atoms with Crippen LogP contribution < -0.4 is 0 Å². The Morgan fingerprint density at radius 2 is 1.53 bits per heavy atom. The molecule has 0 bridgehead atoms. The quantitative estimate of drug-likeness (QED) is 0.475. The van der Waals surface area contributed by atoms with Gasteiger partial charge in [-0.2, -0.15) is 0 Å². The maximum absolute atomic E-state index is 5.71. The molecular weight excluding hydrogens is 260 g/mol. The zero-order chi connectivity index (χ0) is 10.8. The van der Waals surface area contributed by atoms with Crippen LogP contribution in [0, 0.1) is 0 Å². The first kappa shape index (κ1) is 13.8. The van der Waals surface area contributed by atoms with Gasteiger partial charge in [0.25, 0.3) is 30.0 Å². The molecule has 0 radical (unpaired) electrons. The molecule has 0 unspecified atom stereocenters. The number of hydrogen-bond acceptors (Lipinski definition) is 4. The second kappa shape index (κ2) is 9.90. The van der Waals surface area contributed by atoms with Crippen LogP contribution in [0.3, 0.4) is 0 Å². The lowest BCUT2D eigenvalue weighted by atomic mass is 10.2. The van der Waals surface area contributed by atoms with E-state index in [1.54, 1.807) is 0 Å². The van der Waals surface area contributed by atoms with Crippen molar-refractivity contribution in [1.82, 2.24) is 0 Å². The van der Waals surface area contributed by atoms with Crippen LogP contribution in [-0.4, -0.2) is 39.3 Å². The molecule has 1 heterocycles. The van der Waals surface area contributed by atoms with Crippen molar-refractivity contribution in [3.63, 3.8) is 0 Å². The zero-order valence-corrected chi connectivity index (χ0v) is 15.0. The molecule has 0 aromatic heterocycles. The van der Waals surface area contributed by atoms with E-state index in [2.05, 4.69) is 6.92 Å². The minimum absolute atomic E-state index is 0.706. The summed E-state index contributed by atoms with van der Waals surface area (Å²) in [6, 6.07) is 1.15. The third-order valence-corrected chi connectivity index (χ3v) is 9.99. The Kier molecular flexibility index (Phi) is 9.09. The molecule has 90 valence electrons. The van der Waals surface area contributed by atoms with Gasteiger partial charge in [0.05, 0.1) is 0 Å². The Morgan fingerprint density at radius 3 is 2.20 bits per heavy atom. The highest BCUT2D eigenvalue weighted by molar-refractivity contribution is 6.59. The lowest BCUT2D eigenvalue weighted by Gasteiger charge is -2.20. The summed E-state index contributed by atoms with van der Waals surface area (Å²) >= 11 is 0. The van der Waals surface area contributed by atoms with Crippen LogP contribution >= 0.6 is 0 Å². The van der Waals surface area contributed by atoms with Crippen molar-refractivity contribution in [2.45, 2.75) is 45.1 Å². The van der Waals surface area contributed by atoms with E-state index in [4.69, 9.17) is 16.5 Å². The van der Waals surface area contributed by atoms with E-state index in [1.807, 2.05) is 0 Å². The highest BCUT2D eigenvalue weighted by atomic mass is 28.4. The maximum Gasteiger partial charge on any atom is 0.303 e. The number of rotatable bonds is 6. The average molecular weight is 283 g/mol. The third-order valence-electron chi connectivity index (χ3n) is 2.38. The van der Waals surface area contributed by atoms with Crippen LogP contribution in [-0.2, 0) is 16.5 Å². The minimum atomic E-state index is -1.36. The van der Waals surface area contributed by atoms with Crippen LogP contribution in [0.5, 0.6) is 0 Å². The Morgan fingerprint density at radius 1 is 0.867 bits per heavy atom. The molecule has 0 atom stereocenters. The van der Waals surface area contributed by atoms with Gasteiger partial charge in [0, 0.05) is 0 Å². The molecule has 1 rings (SSSR count). The first-order valence-electron chi connectivity index (χ1n) is 5.82. The lowest BCUT2D eigenvalue weighted by molar-refractivity contribution is 0.327. The Balaban J connectivity index is 1.97. The fourth-order valence-corrected chi connectivity index (χ4v) is 10.5. The fourth-order valence-electron chi connectivity index (χ4n) is 1.50. The Hall–Kier alpha value is 0.708. The smallest absolute Gasteiger partial charge is 0.303 e. The van der Waals surface area contributed by atoms with Gasteiger partial charge >= 0.3 is 9.28 Å². The zero-order valence-electron chi connectivity index (χ0n) is 9.57. The molecule has 0 saturated carbocycles. The molecule has 0 N–H and O–H groups in total. The van der Waals surface area contributed by atoms with Gasteiger partial charge in [0.2, 0.25) is 0 Å². The van der Waals surface area contributed by atoms with Crippen LogP contribution in [0.4, 0.5) is 0 Å². The minimum Gasteiger partial charge on any atom is -0.425 e. The summed E-state index contributed by atoms with van der Waals surface area (Å²) in [4.78, 5) is 0. The van der Waals surface area contributed by atoms with E-state index in [0.717, 1.165) is 6.04 Å². The van der Waals surface area contributed by atoms with E-state index in [-0.39, 0.29) is 0 Å². The van der Waals surface area contributed by atoms with Gasteiger partial charge < -0.3 is 16.5 Å². The van der Waals surface area contributed by atoms with Gasteiger partial charge in [-0.15, -0.1) is 0 Å². The molecular formula is C7H22O4Si4. The van der Waals surface area contributed by atoms with Crippen LogP contribution in [0.25, 0.3) is 0 Å². The molecule has 0 aromatic carbocycles. The summed E-state index contributed by atoms with van der Waals surface area (Å²) in [5, 5.41) is 0. The van der Waals surface area contributed by atoms with E-state index in [0.29, 0.717) is 0 Å². The summed E-state index contributed by atoms with van der Waals surface area (Å²) in [5.74, 6) is 0. The average Bonchev–Trinajstić information content (AvgIpc) is 2.20. The van der Waals surface area contributed by atoms with Crippen molar-refractivity contribution < 1.29 is 16.5 Å². The lowest BCUT2D eigenvalue weighted by Crippen LogP contribution is -2.33. The van der Waals surface area contributed by atoms with Gasteiger partial charge in [-0.05, 0) is 6.04 Å². The van der Waals surface area contributed by atoms with Crippen LogP contribution in [0.1, 0.15) is 39.0 Å². The topological polar surface area (TPSA) is 36.9 Å². The normalized spacial score (nSPS) is 28.2. The molecule has 1 aliphatic rings. The van der Waals surface area contributed by atoms with Crippen molar-refractivity contribution in [2.24, 2.45) is 0 Å². The third kappa shape index (κ3) is 7.57. The van der Waals surface area contributed by atoms with E-state index < -0.39 is 39.3 Å². The maximum atomic E-state index is 5.71. The SMILES string of the molecule is CCCCCCC[SiH]1O[SiH2]O[SiH2]O[SiH2]O1.